The summed E-state index contributed by atoms with van der Waals surface area (Å²) in [6, 6.07) is 5.76. The number of nitrogens with zero attached hydrogens (tertiary/aromatic N) is 1. The van der Waals surface area contributed by atoms with Gasteiger partial charge in [0.1, 0.15) is 0 Å². The molecule has 1 N–H and O–H groups in total. The molecule has 0 aromatic heterocycles. The van der Waals surface area contributed by atoms with Crippen LogP contribution in [0.1, 0.15) is 6.92 Å². The molecule has 1 aromatic rings. The van der Waals surface area contributed by atoms with Gasteiger partial charge in [0.15, 0.2) is 0 Å². The minimum Gasteiger partial charge on any atom is -0.381 e. The summed E-state index contributed by atoms with van der Waals surface area (Å²) < 4.78 is 6.73. The first kappa shape index (κ1) is 14.1. The Hall–Kier alpha value is -0.290. The monoisotopic (exact) mass is 332 g/mol. The van der Waals surface area contributed by atoms with Gasteiger partial charge in [-0.3, -0.25) is 4.90 Å². The number of rotatable bonds is 4. The van der Waals surface area contributed by atoms with Gasteiger partial charge < -0.3 is 10.1 Å². The standard InChI is InChI=1S/C13H18BrClN2O/c1-2-17-5-6-18-11(9-17)8-16-13-4-3-10(15)7-12(13)14/h3-4,7,11,16H,2,5-6,8-9H2,1H3. The minimum absolute atomic E-state index is 0.251. The van der Waals surface area contributed by atoms with Crippen LogP contribution >= 0.6 is 27.5 Å². The Balaban J connectivity index is 1.87. The lowest BCUT2D eigenvalue weighted by molar-refractivity contribution is -0.0191. The number of likely N-dealkylation sites (N-methyl/N-ethyl adjacent to an activating group) is 1. The van der Waals surface area contributed by atoms with E-state index in [1.54, 1.807) is 0 Å². The molecule has 5 heteroatoms. The SMILES string of the molecule is CCN1CCOC(CNc2ccc(Cl)cc2Br)C1. The Morgan fingerprint density at radius 2 is 2.39 bits per heavy atom. The molecule has 2 rings (SSSR count). The van der Waals surface area contributed by atoms with Crippen LogP contribution in [0.25, 0.3) is 0 Å². The van der Waals surface area contributed by atoms with Crippen LogP contribution in [-0.2, 0) is 4.74 Å². The molecule has 0 saturated carbocycles. The summed E-state index contributed by atoms with van der Waals surface area (Å²) in [7, 11) is 0. The molecule has 1 aromatic carbocycles. The van der Waals surface area contributed by atoms with Gasteiger partial charge >= 0.3 is 0 Å². The molecule has 18 heavy (non-hydrogen) atoms. The maximum absolute atomic E-state index is 5.91. The summed E-state index contributed by atoms with van der Waals surface area (Å²) in [5.74, 6) is 0. The van der Waals surface area contributed by atoms with Gasteiger partial charge in [-0.1, -0.05) is 18.5 Å². The van der Waals surface area contributed by atoms with Gasteiger partial charge in [-0.15, -0.1) is 0 Å². The molecule has 3 nitrogen and oxygen atoms in total. The van der Waals surface area contributed by atoms with E-state index in [9.17, 15) is 0 Å². The highest BCUT2D eigenvalue weighted by atomic mass is 79.9. The van der Waals surface area contributed by atoms with Gasteiger partial charge in [0.25, 0.3) is 0 Å². The average Bonchev–Trinajstić information content (AvgIpc) is 2.38. The van der Waals surface area contributed by atoms with Crippen LogP contribution in [-0.4, -0.2) is 43.8 Å². The summed E-state index contributed by atoms with van der Waals surface area (Å²) in [6.07, 6.45) is 0.251. The molecular weight excluding hydrogens is 316 g/mol. The van der Waals surface area contributed by atoms with Crippen molar-refractivity contribution >= 4 is 33.2 Å². The van der Waals surface area contributed by atoms with E-state index in [1.165, 1.54) is 0 Å². The summed E-state index contributed by atoms with van der Waals surface area (Å²) in [5.41, 5.74) is 1.05. The van der Waals surface area contributed by atoms with E-state index in [1.807, 2.05) is 18.2 Å². The van der Waals surface area contributed by atoms with Crippen LogP contribution in [0.15, 0.2) is 22.7 Å². The lowest BCUT2D eigenvalue weighted by atomic mass is 10.2. The third-order valence-electron chi connectivity index (χ3n) is 3.12. The Morgan fingerprint density at radius 3 is 3.11 bits per heavy atom. The van der Waals surface area contributed by atoms with E-state index in [0.717, 1.165) is 48.0 Å². The largest absolute Gasteiger partial charge is 0.381 e. The fraction of sp³-hybridized carbons (Fsp3) is 0.538. The lowest BCUT2D eigenvalue weighted by Crippen LogP contribution is -2.45. The fourth-order valence-electron chi connectivity index (χ4n) is 2.05. The zero-order valence-electron chi connectivity index (χ0n) is 10.5. The highest BCUT2D eigenvalue weighted by Gasteiger charge is 2.19. The van der Waals surface area contributed by atoms with Crippen molar-refractivity contribution < 1.29 is 4.74 Å². The van der Waals surface area contributed by atoms with Crippen LogP contribution in [0.4, 0.5) is 5.69 Å². The second kappa shape index (κ2) is 6.75. The number of ether oxygens (including phenoxy) is 1. The molecule has 0 amide bonds. The van der Waals surface area contributed by atoms with Crippen molar-refractivity contribution in [1.82, 2.24) is 4.90 Å². The molecule has 1 aliphatic rings. The van der Waals surface area contributed by atoms with Crippen LogP contribution in [0.3, 0.4) is 0 Å². The number of anilines is 1. The minimum atomic E-state index is 0.251. The van der Waals surface area contributed by atoms with Gasteiger partial charge in [-0.05, 0) is 40.7 Å². The van der Waals surface area contributed by atoms with Crippen molar-refractivity contribution in [3.8, 4) is 0 Å². The predicted molar refractivity (Wildman–Crippen MR) is 79.5 cm³/mol. The highest BCUT2D eigenvalue weighted by Crippen LogP contribution is 2.25. The number of nitrogens with one attached hydrogen (secondary N) is 1. The highest BCUT2D eigenvalue weighted by molar-refractivity contribution is 9.10. The van der Waals surface area contributed by atoms with Crippen LogP contribution in [0, 0.1) is 0 Å². The molecule has 0 bridgehead atoms. The first-order chi connectivity index (χ1) is 8.69. The van der Waals surface area contributed by atoms with Crippen LogP contribution in [0.2, 0.25) is 5.02 Å². The lowest BCUT2D eigenvalue weighted by Gasteiger charge is -2.32. The maximum Gasteiger partial charge on any atom is 0.0874 e. The van der Waals surface area contributed by atoms with Crippen LogP contribution < -0.4 is 5.32 Å². The fourth-order valence-corrected chi connectivity index (χ4v) is 2.87. The summed E-state index contributed by atoms with van der Waals surface area (Å²) in [5, 5.41) is 4.13. The van der Waals surface area contributed by atoms with Crippen molar-refractivity contribution in [3.05, 3.63) is 27.7 Å². The Bertz CT molecular complexity index is 403. The average molecular weight is 334 g/mol. The number of halogens is 2. The zero-order chi connectivity index (χ0) is 13.0. The molecule has 1 heterocycles. The Labute approximate surface area is 122 Å². The second-order valence-corrected chi connectivity index (χ2v) is 5.68. The summed E-state index contributed by atoms with van der Waals surface area (Å²) in [6.45, 7) is 6.95. The predicted octanol–water partition coefficient (Wildman–Crippen LogP) is 3.24. The van der Waals surface area contributed by atoms with E-state index in [4.69, 9.17) is 16.3 Å². The first-order valence-electron chi connectivity index (χ1n) is 6.22. The Kier molecular flexibility index (Phi) is 5.30. The molecule has 1 aliphatic heterocycles. The van der Waals surface area contributed by atoms with Gasteiger partial charge in [0.05, 0.1) is 12.7 Å². The maximum atomic E-state index is 5.91. The summed E-state index contributed by atoms with van der Waals surface area (Å²) in [4.78, 5) is 2.41. The van der Waals surface area contributed by atoms with Gasteiger partial charge in [-0.25, -0.2) is 0 Å². The number of hydrogen-bond donors (Lipinski definition) is 1. The van der Waals surface area contributed by atoms with E-state index < -0.39 is 0 Å². The van der Waals surface area contributed by atoms with Gasteiger partial charge in [-0.2, -0.15) is 0 Å². The molecule has 0 radical (unpaired) electrons. The third-order valence-corrected chi connectivity index (χ3v) is 4.01. The van der Waals surface area contributed by atoms with E-state index in [-0.39, 0.29) is 6.10 Å². The molecular formula is C13H18BrClN2O. The van der Waals surface area contributed by atoms with Crippen molar-refractivity contribution in [2.45, 2.75) is 13.0 Å². The smallest absolute Gasteiger partial charge is 0.0874 e. The molecule has 1 unspecified atom stereocenters. The van der Waals surface area contributed by atoms with Crippen molar-refractivity contribution in [2.24, 2.45) is 0 Å². The van der Waals surface area contributed by atoms with E-state index in [2.05, 4.69) is 33.1 Å². The Morgan fingerprint density at radius 1 is 1.56 bits per heavy atom. The van der Waals surface area contributed by atoms with Crippen molar-refractivity contribution in [1.29, 1.82) is 0 Å². The zero-order valence-corrected chi connectivity index (χ0v) is 12.8. The van der Waals surface area contributed by atoms with E-state index >= 15 is 0 Å². The van der Waals surface area contributed by atoms with Crippen LogP contribution in [0.5, 0.6) is 0 Å². The molecule has 1 atom stereocenters. The van der Waals surface area contributed by atoms with Crippen molar-refractivity contribution in [2.75, 3.05) is 38.1 Å². The molecule has 1 saturated heterocycles. The van der Waals surface area contributed by atoms with E-state index in [0.29, 0.717) is 0 Å². The third kappa shape index (κ3) is 3.85. The number of morpholine rings is 1. The molecule has 0 spiro atoms. The topological polar surface area (TPSA) is 24.5 Å². The molecule has 0 aliphatic carbocycles. The number of hydrogen-bond acceptors (Lipinski definition) is 3. The number of benzene rings is 1. The summed E-state index contributed by atoms with van der Waals surface area (Å²) >= 11 is 9.41. The normalized spacial score (nSPS) is 20.9. The molecule has 100 valence electrons. The second-order valence-electron chi connectivity index (χ2n) is 4.39. The van der Waals surface area contributed by atoms with Gasteiger partial charge in [0, 0.05) is 34.8 Å². The van der Waals surface area contributed by atoms with Gasteiger partial charge in [0.2, 0.25) is 0 Å². The first-order valence-corrected chi connectivity index (χ1v) is 7.39. The molecule has 1 fully saturated rings. The van der Waals surface area contributed by atoms with Crippen molar-refractivity contribution in [3.63, 3.8) is 0 Å². The quantitative estimate of drug-likeness (QED) is 0.915.